The third-order valence-corrected chi connectivity index (χ3v) is 6.72. The van der Waals surface area contributed by atoms with Gasteiger partial charge in [-0.15, -0.1) is 0 Å². The Bertz CT molecular complexity index is 1810. The number of benzene rings is 2. The molecule has 1 aromatic heterocycles. The van der Waals surface area contributed by atoms with E-state index in [1.54, 1.807) is 42.6 Å². The highest BCUT2D eigenvalue weighted by Crippen LogP contribution is 2.44. The molecule has 6 rings (SSSR count). The number of hydrogen-bond acceptors (Lipinski definition) is 7. The molecule has 0 bridgehead atoms. The Kier molecular flexibility index (Phi) is 7.75. The lowest BCUT2D eigenvalue weighted by Gasteiger charge is -2.41. The number of aromatic nitrogens is 1. The number of fused-ring (bicyclic) bond motifs is 1. The number of nitrogens with zero attached hydrogens (tertiary/aromatic N) is 4. The predicted octanol–water partition coefficient (Wildman–Crippen LogP) is 2.54. The number of imide groups is 1. The molecule has 0 spiro atoms. The lowest BCUT2D eigenvalue weighted by atomic mass is 9.82. The normalized spacial score (nSPS) is 17.7. The van der Waals surface area contributed by atoms with Crippen LogP contribution in [-0.2, 0) is 9.59 Å². The van der Waals surface area contributed by atoms with Gasteiger partial charge in [-0.05, 0) is 60.9 Å². The van der Waals surface area contributed by atoms with E-state index in [0.717, 1.165) is 4.90 Å². The Morgan fingerprint density at radius 1 is 0.933 bits per heavy atom. The number of ether oxygens (including phenoxy) is 2. The molecule has 3 aliphatic rings. The van der Waals surface area contributed by atoms with Crippen LogP contribution >= 0.6 is 0 Å². The molecule has 3 aromatic rings. The van der Waals surface area contributed by atoms with Gasteiger partial charge in [0.25, 0.3) is 23.3 Å². The summed E-state index contributed by atoms with van der Waals surface area (Å²) < 4.78 is 11.9. The summed E-state index contributed by atoms with van der Waals surface area (Å²) in [6.45, 7) is 19.6. The number of piperidine rings is 1. The molecular weight excluding hydrogens is 572 g/mol. The number of pyridine rings is 1. The van der Waals surface area contributed by atoms with Crippen LogP contribution in [0, 0.1) is 97.4 Å². The van der Waals surface area contributed by atoms with E-state index in [-0.39, 0.29) is 22.7 Å². The van der Waals surface area contributed by atoms with Crippen LogP contribution in [0.1, 0.15) is 32.6 Å². The van der Waals surface area contributed by atoms with Gasteiger partial charge in [0.05, 0.1) is 30.5 Å². The summed E-state index contributed by atoms with van der Waals surface area (Å²) in [7, 11) is 10.7. The van der Waals surface area contributed by atoms with E-state index < -0.39 is 23.1 Å². The van der Waals surface area contributed by atoms with Gasteiger partial charge in [-0.3, -0.25) is 24.1 Å². The maximum absolute atomic E-state index is 13.0. The zero-order valence-electron chi connectivity index (χ0n) is 23.3. The molecule has 2 aromatic carbocycles. The van der Waals surface area contributed by atoms with Crippen LogP contribution < -0.4 is 20.3 Å². The van der Waals surface area contributed by atoms with E-state index in [0.29, 0.717) is 39.3 Å². The molecule has 3 amide bonds. The molecule has 45 heavy (non-hydrogen) atoms. The topological polar surface area (TPSA) is 112 Å². The van der Waals surface area contributed by atoms with Crippen molar-refractivity contribution in [1.29, 1.82) is 0 Å². The summed E-state index contributed by atoms with van der Waals surface area (Å²) in [6, 6.07) is 9.59. The smallest absolute Gasteiger partial charge is 0.278 e. The Balaban J connectivity index is 1.14. The first-order chi connectivity index (χ1) is 21.5. The first kappa shape index (κ1) is 30.2. The van der Waals surface area contributed by atoms with Gasteiger partial charge in [0.15, 0.2) is 6.04 Å². The van der Waals surface area contributed by atoms with Gasteiger partial charge in [-0.2, -0.15) is 5.32 Å². The fraction of sp³-hybridized carbons (Fsp3) is 0.0286. The van der Waals surface area contributed by atoms with Gasteiger partial charge in [0.2, 0.25) is 0 Å². The number of carbonyl (C=O) groups excluding carboxylic acids is 3. The molecule has 0 aliphatic carbocycles. The third-order valence-electron chi connectivity index (χ3n) is 6.72. The van der Waals surface area contributed by atoms with Crippen molar-refractivity contribution in [3.05, 3.63) is 161 Å². The average Bonchev–Trinajstić information content (AvgIpc) is 3.32. The van der Waals surface area contributed by atoms with Crippen molar-refractivity contribution in [3.63, 3.8) is 0 Å². The largest absolute Gasteiger partial charge is 0.490 e. The van der Waals surface area contributed by atoms with Gasteiger partial charge in [0, 0.05) is 36.4 Å². The minimum atomic E-state index is -1.13. The van der Waals surface area contributed by atoms with Crippen LogP contribution in [0.5, 0.6) is 11.5 Å². The summed E-state index contributed by atoms with van der Waals surface area (Å²) in [5.41, 5.74) is 1.64. The molecule has 213 valence electrons. The Hall–Kier alpha value is -4.88. The highest BCUT2D eigenvalue weighted by Gasteiger charge is 2.43. The van der Waals surface area contributed by atoms with Crippen molar-refractivity contribution >= 4 is 17.7 Å². The van der Waals surface area contributed by atoms with Crippen molar-refractivity contribution in [2.75, 3.05) is 0 Å². The highest BCUT2D eigenvalue weighted by molar-refractivity contribution is 6.14. The van der Waals surface area contributed by atoms with Gasteiger partial charge in [0.1, 0.15) is 38.8 Å². The number of amides is 3. The molecule has 0 N–H and O–H groups in total. The minimum Gasteiger partial charge on any atom is -0.490 e. The van der Waals surface area contributed by atoms with Crippen LogP contribution in [0.15, 0.2) is 47.4 Å². The number of rotatable bonds is 6. The third kappa shape index (κ3) is 5.71. The predicted molar refractivity (Wildman–Crippen MR) is 155 cm³/mol. The molecule has 4 heterocycles. The van der Waals surface area contributed by atoms with E-state index in [1.165, 1.54) is 9.47 Å². The Morgan fingerprint density at radius 2 is 1.64 bits per heavy atom. The van der Waals surface area contributed by atoms with Crippen molar-refractivity contribution < 1.29 is 23.9 Å². The fourth-order valence-electron chi connectivity index (χ4n) is 4.57. The zero-order chi connectivity index (χ0) is 32.0. The molecule has 0 saturated carbocycles. The van der Waals surface area contributed by atoms with E-state index in [4.69, 9.17) is 9.47 Å². The second-order valence-corrected chi connectivity index (χ2v) is 9.82. The molecule has 2 saturated heterocycles. The first-order valence-electron chi connectivity index (χ1n) is 12.9. The minimum absolute atomic E-state index is 0.248. The van der Waals surface area contributed by atoms with Gasteiger partial charge in [-0.1, -0.05) is 17.9 Å². The summed E-state index contributed by atoms with van der Waals surface area (Å²) in [4.78, 5) is 50.6. The SMILES string of the molecule is [CH2]Oc1cc(-c2cc([CH2])c(=O)n([CH2])c2)cc(O[CH2])c1[C]N1[C]C([CH2])(C#Cc2ccc3c(c2)C(=O)N([C]2[C][C]C(=O)[N]C2=O)[C]3)[C]1. The second-order valence-electron chi connectivity index (χ2n) is 9.82. The summed E-state index contributed by atoms with van der Waals surface area (Å²) in [5, 5.41) is 3.26. The van der Waals surface area contributed by atoms with E-state index >= 15 is 0 Å². The monoisotopic (exact) mass is 589 g/mol. The van der Waals surface area contributed by atoms with Gasteiger partial charge >= 0.3 is 0 Å². The van der Waals surface area contributed by atoms with E-state index in [9.17, 15) is 19.2 Å². The first-order valence-corrected chi connectivity index (χ1v) is 12.9. The van der Waals surface area contributed by atoms with Gasteiger partial charge < -0.3 is 18.9 Å². The van der Waals surface area contributed by atoms with Gasteiger partial charge in [-0.25, -0.2) is 0 Å². The highest BCUT2D eigenvalue weighted by atomic mass is 16.5. The quantitative estimate of drug-likeness (QED) is 0.321. The fourth-order valence-corrected chi connectivity index (χ4v) is 4.57. The lowest BCUT2D eigenvalue weighted by molar-refractivity contribution is -0.130. The molecule has 3 aliphatic heterocycles. The van der Waals surface area contributed by atoms with Crippen LogP contribution in [-0.4, -0.2) is 32.1 Å². The van der Waals surface area contributed by atoms with Crippen molar-refractivity contribution in [3.8, 4) is 34.5 Å². The number of carbonyl (C=O) groups is 3. The molecule has 2 fully saturated rings. The second kappa shape index (κ2) is 11.6. The van der Waals surface area contributed by atoms with Crippen molar-refractivity contribution in [1.82, 2.24) is 19.7 Å². The average molecular weight is 590 g/mol. The van der Waals surface area contributed by atoms with Crippen LogP contribution in [0.2, 0.25) is 0 Å². The molecule has 10 heteroatoms. The van der Waals surface area contributed by atoms with Crippen molar-refractivity contribution in [2.24, 2.45) is 5.41 Å². The lowest BCUT2D eigenvalue weighted by Crippen LogP contribution is -2.43. The van der Waals surface area contributed by atoms with E-state index in [1.807, 2.05) is 0 Å². The maximum atomic E-state index is 13.0. The zero-order valence-corrected chi connectivity index (χ0v) is 23.3. The standard InChI is InChI=1S/C35H17N4O6/c1-21-12-25(16-37(3)33(21)42)24-14-29(44-4)27(30(15-24)45-5)18-38-19-35(2,20-38)11-10-22-6-7-23-17-39(34(43)26(23)13-22)28-8-9-31(40)36-32(28)41/h6-7,12-16H,1-5H2. The summed E-state index contributed by atoms with van der Waals surface area (Å²) in [6.07, 6.45) is 6.08. The molecule has 0 atom stereocenters. The van der Waals surface area contributed by atoms with Crippen LogP contribution in [0.4, 0.5) is 0 Å². The Labute approximate surface area is 261 Å². The molecular formula is C35H17N4O6. The maximum Gasteiger partial charge on any atom is 0.278 e. The summed E-state index contributed by atoms with van der Waals surface area (Å²) in [5.74, 6) is 4.17. The molecule has 10 nitrogen and oxygen atoms in total. The molecule has 19 radical (unpaired) electrons. The molecule has 0 unspecified atom stereocenters. The number of likely N-dealkylation sites (tertiary alicyclic amines) is 1. The van der Waals surface area contributed by atoms with Crippen LogP contribution in [0.25, 0.3) is 11.1 Å². The van der Waals surface area contributed by atoms with E-state index in [2.05, 4.69) is 91.3 Å². The Morgan fingerprint density at radius 3 is 2.29 bits per heavy atom. The van der Waals surface area contributed by atoms with Crippen molar-refractivity contribution in [2.45, 2.75) is 0 Å². The number of hydrogen-bond donors (Lipinski definition) is 0. The summed E-state index contributed by atoms with van der Waals surface area (Å²) >= 11 is 0. The van der Waals surface area contributed by atoms with Crippen LogP contribution in [0.3, 0.4) is 0 Å².